The number of aromatic amines is 2. The van der Waals surface area contributed by atoms with E-state index in [1.165, 1.54) is 12.2 Å². The van der Waals surface area contributed by atoms with Crippen molar-refractivity contribution >= 4 is 41.0 Å². The molecule has 0 amide bonds. The maximum Gasteiger partial charge on any atom is 0.357 e. The highest BCUT2D eigenvalue weighted by molar-refractivity contribution is 6.42. The zero-order valence-electron chi connectivity index (χ0n) is 10.2. The molecule has 0 aliphatic carbocycles. The van der Waals surface area contributed by atoms with E-state index in [1.54, 1.807) is 23.2 Å². The lowest BCUT2D eigenvalue weighted by Crippen LogP contribution is -2.25. The second-order valence-electron chi connectivity index (χ2n) is 3.90. The van der Waals surface area contributed by atoms with Gasteiger partial charge in [0.15, 0.2) is 0 Å². The number of aromatic nitrogens is 2. The summed E-state index contributed by atoms with van der Waals surface area (Å²) in [7, 11) is 0. The molecule has 0 aliphatic rings. The fourth-order valence-electron chi connectivity index (χ4n) is 1.62. The van der Waals surface area contributed by atoms with Gasteiger partial charge in [-0.1, -0.05) is 41.4 Å². The van der Waals surface area contributed by atoms with Crippen LogP contribution in [0.2, 0.25) is 10.0 Å². The Morgan fingerprint density at radius 2 is 1.86 bits per heavy atom. The second kappa shape index (κ2) is 5.94. The van der Waals surface area contributed by atoms with Gasteiger partial charge in [-0.05, 0) is 17.7 Å². The third-order valence-electron chi connectivity index (χ3n) is 2.54. The van der Waals surface area contributed by atoms with E-state index in [1.807, 2.05) is 0 Å². The highest BCUT2D eigenvalue weighted by Crippen LogP contribution is 2.27. The Labute approximate surface area is 127 Å². The Hall–Kier alpha value is -2.38. The van der Waals surface area contributed by atoms with Crippen molar-refractivity contribution in [3.05, 3.63) is 70.5 Å². The van der Waals surface area contributed by atoms with Crippen molar-refractivity contribution in [2.75, 3.05) is 0 Å². The minimum Gasteiger partial charge on any atom is -0.301 e. The summed E-state index contributed by atoms with van der Waals surface area (Å²) in [4.78, 5) is 36.6. The van der Waals surface area contributed by atoms with Crippen molar-refractivity contribution in [1.82, 2.24) is 9.97 Å². The molecule has 0 radical (unpaired) electrons. The predicted molar refractivity (Wildman–Crippen MR) is 79.7 cm³/mol. The largest absolute Gasteiger partial charge is 0.357 e. The first-order valence-corrected chi connectivity index (χ1v) is 6.29. The number of hydrogen-bond acceptors (Lipinski definition) is 4. The van der Waals surface area contributed by atoms with Crippen LogP contribution in [0, 0.1) is 10.1 Å². The van der Waals surface area contributed by atoms with E-state index in [9.17, 15) is 19.7 Å². The van der Waals surface area contributed by atoms with E-state index in [0.29, 0.717) is 10.6 Å². The number of hydrogen-bond donors (Lipinski definition) is 2. The number of nitro groups is 1. The van der Waals surface area contributed by atoms with Gasteiger partial charge < -0.3 is 4.98 Å². The van der Waals surface area contributed by atoms with Crippen LogP contribution in [-0.2, 0) is 0 Å². The highest BCUT2D eigenvalue weighted by atomic mass is 35.5. The summed E-state index contributed by atoms with van der Waals surface area (Å²) in [5.74, 6) is 0. The Kier molecular flexibility index (Phi) is 4.25. The lowest BCUT2D eigenvalue weighted by atomic mass is 10.2. The number of rotatable bonds is 3. The van der Waals surface area contributed by atoms with Gasteiger partial charge >= 0.3 is 16.9 Å². The molecule has 1 heterocycles. The molecule has 1 aromatic carbocycles. The van der Waals surface area contributed by atoms with Gasteiger partial charge in [-0.3, -0.25) is 19.9 Å². The number of nitrogens with one attached hydrogen (secondary N) is 2. The van der Waals surface area contributed by atoms with Crippen LogP contribution in [0.4, 0.5) is 5.69 Å². The lowest BCUT2D eigenvalue weighted by Gasteiger charge is -2.00. The molecule has 0 atom stereocenters. The van der Waals surface area contributed by atoms with Gasteiger partial charge in [0.1, 0.15) is 5.69 Å². The Morgan fingerprint density at radius 3 is 2.52 bits per heavy atom. The summed E-state index contributed by atoms with van der Waals surface area (Å²) in [5, 5.41) is 11.4. The topological polar surface area (TPSA) is 109 Å². The first-order chi connectivity index (χ1) is 9.90. The Balaban J connectivity index is 2.56. The summed E-state index contributed by atoms with van der Waals surface area (Å²) in [5.41, 5.74) is -2.43. The van der Waals surface area contributed by atoms with Crippen LogP contribution in [0.25, 0.3) is 12.2 Å². The average Bonchev–Trinajstić information content (AvgIpc) is 2.39. The molecule has 0 saturated carbocycles. The van der Waals surface area contributed by atoms with Crippen LogP contribution in [0.15, 0.2) is 27.8 Å². The average molecular weight is 328 g/mol. The van der Waals surface area contributed by atoms with Crippen LogP contribution >= 0.6 is 23.2 Å². The monoisotopic (exact) mass is 327 g/mol. The van der Waals surface area contributed by atoms with Crippen LogP contribution in [0.5, 0.6) is 0 Å². The van der Waals surface area contributed by atoms with Crippen LogP contribution in [0.1, 0.15) is 11.3 Å². The van der Waals surface area contributed by atoms with Crippen molar-refractivity contribution in [1.29, 1.82) is 0 Å². The summed E-state index contributed by atoms with van der Waals surface area (Å²) in [6, 6.07) is 4.85. The van der Waals surface area contributed by atoms with Crippen molar-refractivity contribution in [2.45, 2.75) is 0 Å². The minimum atomic E-state index is -1.08. The molecule has 0 fully saturated rings. The van der Waals surface area contributed by atoms with Gasteiger partial charge in [-0.2, -0.15) is 0 Å². The summed E-state index contributed by atoms with van der Waals surface area (Å²) >= 11 is 11.8. The molecule has 2 aromatic rings. The van der Waals surface area contributed by atoms with E-state index in [2.05, 4.69) is 4.98 Å². The predicted octanol–water partition coefficient (Wildman–Crippen LogP) is 2.45. The van der Waals surface area contributed by atoms with Crippen LogP contribution in [-0.4, -0.2) is 14.9 Å². The van der Waals surface area contributed by atoms with Gasteiger partial charge in [-0.25, -0.2) is 4.79 Å². The third-order valence-corrected chi connectivity index (χ3v) is 3.37. The van der Waals surface area contributed by atoms with Crippen molar-refractivity contribution < 1.29 is 4.92 Å². The van der Waals surface area contributed by atoms with Crippen LogP contribution < -0.4 is 11.2 Å². The minimum absolute atomic E-state index is 0.232. The first-order valence-electron chi connectivity index (χ1n) is 5.53. The molecule has 1 aromatic heterocycles. The SMILES string of the molecule is O=c1[nH]c(C=Cc2cccc(Cl)c2Cl)c([N+](=O)[O-])c(=O)[nH]1. The third kappa shape index (κ3) is 3.21. The second-order valence-corrected chi connectivity index (χ2v) is 4.69. The Bertz CT molecular complexity index is 854. The van der Waals surface area contributed by atoms with Crippen molar-refractivity contribution in [3.63, 3.8) is 0 Å². The normalized spacial score (nSPS) is 11.0. The molecule has 0 spiro atoms. The summed E-state index contributed by atoms with van der Waals surface area (Å²) in [6.45, 7) is 0. The van der Waals surface area contributed by atoms with Gasteiger partial charge in [0.2, 0.25) is 0 Å². The molecular weight excluding hydrogens is 321 g/mol. The molecule has 0 unspecified atom stereocenters. The fraction of sp³-hybridized carbons (Fsp3) is 0. The number of halogens is 2. The lowest BCUT2D eigenvalue weighted by molar-refractivity contribution is -0.386. The van der Waals surface area contributed by atoms with E-state index in [-0.39, 0.29) is 10.7 Å². The Morgan fingerprint density at radius 1 is 1.14 bits per heavy atom. The zero-order chi connectivity index (χ0) is 15.6. The number of nitrogens with zero attached hydrogens (tertiary/aromatic N) is 1. The highest BCUT2D eigenvalue weighted by Gasteiger charge is 2.18. The molecule has 0 aliphatic heterocycles. The maximum absolute atomic E-state index is 11.4. The quantitative estimate of drug-likeness (QED) is 0.666. The first kappa shape index (κ1) is 15.0. The summed E-state index contributed by atoms with van der Waals surface area (Å²) < 4.78 is 0. The molecule has 7 nitrogen and oxygen atoms in total. The van der Waals surface area contributed by atoms with Gasteiger partial charge in [0.05, 0.1) is 15.0 Å². The smallest absolute Gasteiger partial charge is 0.301 e. The number of H-pyrrole nitrogens is 2. The van der Waals surface area contributed by atoms with Gasteiger partial charge in [0, 0.05) is 0 Å². The molecule has 9 heteroatoms. The van der Waals surface area contributed by atoms with Gasteiger partial charge in [0.25, 0.3) is 0 Å². The zero-order valence-corrected chi connectivity index (χ0v) is 11.7. The van der Waals surface area contributed by atoms with Crippen LogP contribution in [0.3, 0.4) is 0 Å². The van der Waals surface area contributed by atoms with Crippen molar-refractivity contribution in [3.8, 4) is 0 Å². The number of benzene rings is 1. The summed E-state index contributed by atoms with van der Waals surface area (Å²) in [6.07, 6.45) is 2.62. The molecule has 2 N–H and O–H groups in total. The molecule has 2 rings (SSSR count). The maximum atomic E-state index is 11.4. The standard InChI is InChI=1S/C12H7Cl2N3O4/c13-7-3-1-2-6(9(7)14)4-5-8-10(17(20)21)11(18)16-12(19)15-8/h1-5H,(H2,15,16,18,19). The molecule has 108 valence electrons. The van der Waals surface area contributed by atoms with Crippen molar-refractivity contribution in [2.24, 2.45) is 0 Å². The fourth-order valence-corrected chi connectivity index (χ4v) is 1.99. The van der Waals surface area contributed by atoms with E-state index in [4.69, 9.17) is 23.2 Å². The van der Waals surface area contributed by atoms with Gasteiger partial charge in [-0.15, -0.1) is 0 Å². The van der Waals surface area contributed by atoms with E-state index < -0.39 is 21.9 Å². The molecule has 0 saturated heterocycles. The van der Waals surface area contributed by atoms with E-state index >= 15 is 0 Å². The van der Waals surface area contributed by atoms with E-state index in [0.717, 1.165) is 0 Å². The molecular formula is C12H7Cl2N3O4. The molecule has 0 bridgehead atoms. The molecule has 21 heavy (non-hydrogen) atoms.